The van der Waals surface area contributed by atoms with Gasteiger partial charge >= 0.3 is 0 Å². The molecule has 0 radical (unpaired) electrons. The highest BCUT2D eigenvalue weighted by atomic mass is 16.2. The number of rotatable bonds is 2. The number of carbonyl (C=O) groups excluding carboxylic acids is 1. The largest absolute Gasteiger partial charge is 0.368 e. The molecule has 3 aromatic heterocycles. The van der Waals surface area contributed by atoms with E-state index < -0.39 is 0 Å². The summed E-state index contributed by atoms with van der Waals surface area (Å²) in [6, 6.07) is 9.01. The average molecular weight is 371 g/mol. The number of benzene rings is 1. The number of fused-ring (bicyclic) bond motifs is 2. The minimum absolute atomic E-state index is 0.0683. The van der Waals surface area contributed by atoms with Crippen LogP contribution in [0.25, 0.3) is 22.3 Å². The normalized spacial score (nSPS) is 15.8. The van der Waals surface area contributed by atoms with Gasteiger partial charge in [0, 0.05) is 29.1 Å². The standard InChI is InChI=1S/C20H17N7O/c1-11-17-14(18(26-20(21)25-17)12-4-6-22-7-5-12)9-27(11)19(28)13-2-3-15-16(8-13)24-10-23-15/h2-8,10-11H,9H2,1H3,(H,23,24)(H2,21,25,26). The van der Waals surface area contributed by atoms with Crippen LogP contribution in [0.1, 0.15) is 34.6 Å². The number of imidazole rings is 1. The van der Waals surface area contributed by atoms with Crippen LogP contribution in [0.5, 0.6) is 0 Å². The lowest BCUT2D eigenvalue weighted by Crippen LogP contribution is -2.28. The predicted molar refractivity (Wildman–Crippen MR) is 104 cm³/mol. The SMILES string of the molecule is CC1c2nc(N)nc(-c3ccncc3)c2CN1C(=O)c1ccc2nc[nH]c2c1. The molecule has 1 aliphatic heterocycles. The molecule has 8 heteroatoms. The maximum absolute atomic E-state index is 13.2. The zero-order valence-electron chi connectivity index (χ0n) is 15.1. The van der Waals surface area contributed by atoms with Crippen LogP contribution in [0.2, 0.25) is 0 Å². The van der Waals surface area contributed by atoms with E-state index in [0.717, 1.165) is 33.5 Å². The maximum atomic E-state index is 13.2. The Kier molecular flexibility index (Phi) is 3.58. The first-order valence-electron chi connectivity index (χ1n) is 8.92. The van der Waals surface area contributed by atoms with Gasteiger partial charge in [-0.25, -0.2) is 15.0 Å². The molecule has 4 aromatic rings. The minimum atomic E-state index is -0.203. The molecule has 5 rings (SSSR count). The zero-order chi connectivity index (χ0) is 19.3. The lowest BCUT2D eigenvalue weighted by Gasteiger charge is -2.21. The van der Waals surface area contributed by atoms with Crippen LogP contribution in [-0.2, 0) is 6.54 Å². The summed E-state index contributed by atoms with van der Waals surface area (Å²) in [4.78, 5) is 35.2. The molecular formula is C20H17N7O. The Morgan fingerprint density at radius 1 is 1.21 bits per heavy atom. The van der Waals surface area contributed by atoms with Gasteiger partial charge < -0.3 is 15.6 Å². The van der Waals surface area contributed by atoms with Crippen molar-refractivity contribution < 1.29 is 4.79 Å². The number of nitrogen functional groups attached to an aromatic ring is 1. The number of H-pyrrole nitrogens is 1. The lowest BCUT2D eigenvalue weighted by molar-refractivity contribution is 0.0703. The summed E-state index contributed by atoms with van der Waals surface area (Å²) in [5, 5.41) is 0. The summed E-state index contributed by atoms with van der Waals surface area (Å²) in [5.74, 6) is 0.131. The van der Waals surface area contributed by atoms with Crippen LogP contribution in [0, 0.1) is 0 Å². The molecule has 0 fully saturated rings. The van der Waals surface area contributed by atoms with Crippen molar-refractivity contribution in [3.05, 3.63) is 65.9 Å². The predicted octanol–water partition coefficient (Wildman–Crippen LogP) is 2.71. The van der Waals surface area contributed by atoms with Crippen molar-refractivity contribution in [2.24, 2.45) is 0 Å². The number of aromatic amines is 1. The Morgan fingerprint density at radius 2 is 2.04 bits per heavy atom. The van der Waals surface area contributed by atoms with Crippen molar-refractivity contribution in [2.75, 3.05) is 5.73 Å². The third-order valence-electron chi connectivity index (χ3n) is 5.13. The molecule has 1 aliphatic rings. The van der Waals surface area contributed by atoms with E-state index >= 15 is 0 Å². The fraction of sp³-hybridized carbons (Fsp3) is 0.150. The van der Waals surface area contributed by atoms with Crippen LogP contribution < -0.4 is 5.73 Å². The van der Waals surface area contributed by atoms with E-state index in [4.69, 9.17) is 5.73 Å². The summed E-state index contributed by atoms with van der Waals surface area (Å²) in [6.45, 7) is 2.38. The van der Waals surface area contributed by atoms with Gasteiger partial charge in [0.15, 0.2) is 0 Å². The first-order valence-corrected chi connectivity index (χ1v) is 8.92. The van der Waals surface area contributed by atoms with Gasteiger partial charge in [-0.1, -0.05) is 0 Å². The zero-order valence-corrected chi connectivity index (χ0v) is 15.1. The van der Waals surface area contributed by atoms with Crippen molar-refractivity contribution in [1.82, 2.24) is 29.8 Å². The third kappa shape index (κ3) is 2.50. The van der Waals surface area contributed by atoms with Gasteiger partial charge in [0.1, 0.15) is 0 Å². The maximum Gasteiger partial charge on any atom is 0.254 e. The van der Waals surface area contributed by atoms with Crippen LogP contribution >= 0.6 is 0 Å². The Hall–Kier alpha value is -3.81. The molecule has 4 heterocycles. The van der Waals surface area contributed by atoms with E-state index in [-0.39, 0.29) is 17.9 Å². The monoisotopic (exact) mass is 371 g/mol. The Bertz CT molecular complexity index is 1200. The number of nitrogens with zero attached hydrogens (tertiary/aromatic N) is 5. The van der Waals surface area contributed by atoms with E-state index in [1.165, 1.54) is 0 Å². The Balaban J connectivity index is 1.55. The second-order valence-corrected chi connectivity index (χ2v) is 6.77. The molecule has 3 N–H and O–H groups in total. The number of carbonyl (C=O) groups is 1. The van der Waals surface area contributed by atoms with E-state index in [1.807, 2.05) is 31.2 Å². The smallest absolute Gasteiger partial charge is 0.254 e. The number of amides is 1. The summed E-state index contributed by atoms with van der Waals surface area (Å²) >= 11 is 0. The highest BCUT2D eigenvalue weighted by Gasteiger charge is 2.35. The molecular weight excluding hydrogens is 354 g/mol. The number of pyridine rings is 1. The number of hydrogen-bond donors (Lipinski definition) is 2. The summed E-state index contributed by atoms with van der Waals surface area (Å²) < 4.78 is 0. The topological polar surface area (TPSA) is 114 Å². The third-order valence-corrected chi connectivity index (χ3v) is 5.13. The van der Waals surface area contributed by atoms with Crippen molar-refractivity contribution in [3.63, 3.8) is 0 Å². The van der Waals surface area contributed by atoms with Gasteiger partial charge in [0.05, 0.1) is 41.3 Å². The summed E-state index contributed by atoms with van der Waals surface area (Å²) in [6.07, 6.45) is 5.04. The van der Waals surface area contributed by atoms with Crippen LogP contribution in [0.3, 0.4) is 0 Å². The number of anilines is 1. The molecule has 0 spiro atoms. The molecule has 28 heavy (non-hydrogen) atoms. The molecule has 1 aromatic carbocycles. The number of nitrogens with two attached hydrogens (primary N) is 1. The molecule has 1 atom stereocenters. The van der Waals surface area contributed by atoms with Gasteiger partial charge in [0.25, 0.3) is 5.91 Å². The lowest BCUT2D eigenvalue weighted by atomic mass is 10.1. The number of aromatic nitrogens is 5. The van der Waals surface area contributed by atoms with Crippen molar-refractivity contribution in [3.8, 4) is 11.3 Å². The van der Waals surface area contributed by atoms with Crippen molar-refractivity contribution in [1.29, 1.82) is 0 Å². The van der Waals surface area contributed by atoms with Gasteiger partial charge in [-0.3, -0.25) is 9.78 Å². The van der Waals surface area contributed by atoms with Gasteiger partial charge in [-0.2, -0.15) is 0 Å². The fourth-order valence-corrected chi connectivity index (χ4v) is 3.71. The van der Waals surface area contributed by atoms with E-state index in [0.29, 0.717) is 12.1 Å². The second kappa shape index (κ2) is 6.12. The first-order chi connectivity index (χ1) is 13.6. The van der Waals surface area contributed by atoms with E-state index in [2.05, 4.69) is 24.9 Å². The van der Waals surface area contributed by atoms with Gasteiger partial charge in [-0.15, -0.1) is 0 Å². The van der Waals surface area contributed by atoms with E-state index in [1.54, 1.807) is 29.7 Å². The Morgan fingerprint density at radius 3 is 2.86 bits per heavy atom. The highest BCUT2D eigenvalue weighted by molar-refractivity contribution is 5.98. The highest BCUT2D eigenvalue weighted by Crippen LogP contribution is 2.38. The summed E-state index contributed by atoms with van der Waals surface area (Å²) in [7, 11) is 0. The molecule has 0 bridgehead atoms. The first kappa shape index (κ1) is 16.4. The molecule has 1 unspecified atom stereocenters. The van der Waals surface area contributed by atoms with Crippen molar-refractivity contribution >= 4 is 22.9 Å². The summed E-state index contributed by atoms with van der Waals surface area (Å²) in [5.41, 5.74) is 11.6. The molecule has 0 saturated heterocycles. The minimum Gasteiger partial charge on any atom is -0.368 e. The number of hydrogen-bond acceptors (Lipinski definition) is 6. The van der Waals surface area contributed by atoms with Crippen LogP contribution in [0.15, 0.2) is 49.1 Å². The van der Waals surface area contributed by atoms with Crippen molar-refractivity contribution in [2.45, 2.75) is 19.5 Å². The van der Waals surface area contributed by atoms with Gasteiger partial charge in [0.2, 0.25) is 5.95 Å². The molecule has 1 amide bonds. The van der Waals surface area contributed by atoms with Crippen LogP contribution in [0.4, 0.5) is 5.95 Å². The quantitative estimate of drug-likeness (QED) is 0.560. The average Bonchev–Trinajstić information content (AvgIpc) is 3.32. The fourth-order valence-electron chi connectivity index (χ4n) is 3.71. The Labute approximate surface area is 160 Å². The molecule has 8 nitrogen and oxygen atoms in total. The molecule has 0 saturated carbocycles. The number of nitrogens with one attached hydrogen (secondary N) is 1. The second-order valence-electron chi connectivity index (χ2n) is 6.77. The molecule has 138 valence electrons. The molecule has 0 aliphatic carbocycles. The van der Waals surface area contributed by atoms with Gasteiger partial charge in [-0.05, 0) is 37.3 Å². The van der Waals surface area contributed by atoms with Crippen LogP contribution in [-0.4, -0.2) is 35.7 Å². The van der Waals surface area contributed by atoms with E-state index in [9.17, 15) is 4.79 Å².